The number of hydrogen-bond acceptors (Lipinski definition) is 4. The van der Waals surface area contributed by atoms with E-state index in [9.17, 15) is 4.79 Å². The number of hydrogen-bond donors (Lipinski definition) is 1. The van der Waals surface area contributed by atoms with Crippen LogP contribution in [0.3, 0.4) is 0 Å². The second kappa shape index (κ2) is 6.44. The van der Waals surface area contributed by atoms with Gasteiger partial charge in [-0.1, -0.05) is 0 Å². The number of ether oxygens (including phenoxy) is 1. The molecule has 0 saturated carbocycles. The van der Waals surface area contributed by atoms with Gasteiger partial charge in [-0.25, -0.2) is 0 Å². The zero-order chi connectivity index (χ0) is 14.7. The van der Waals surface area contributed by atoms with Gasteiger partial charge in [0.15, 0.2) is 5.76 Å². The highest BCUT2D eigenvalue weighted by atomic mass is 79.9. The van der Waals surface area contributed by atoms with Crippen LogP contribution >= 0.6 is 15.9 Å². The van der Waals surface area contributed by atoms with Gasteiger partial charge in [0.05, 0.1) is 23.3 Å². The quantitative estimate of drug-likeness (QED) is 0.894. The number of furan rings is 1. The lowest BCUT2D eigenvalue weighted by Gasteiger charge is -2.09. The number of amides is 1. The first-order chi connectivity index (χ1) is 10.2. The lowest BCUT2D eigenvalue weighted by atomic mass is 10.2. The normalized spacial score (nSPS) is 18.0. The van der Waals surface area contributed by atoms with Crippen molar-refractivity contribution >= 4 is 21.8 Å². The SMILES string of the molecule is O=C(NCC1CCCO1)c1ccc(Cn2cc(Br)cn2)o1. The molecule has 0 spiro atoms. The Bertz CT molecular complexity index is 617. The van der Waals surface area contributed by atoms with E-state index >= 15 is 0 Å². The van der Waals surface area contributed by atoms with Crippen molar-refractivity contribution in [1.82, 2.24) is 15.1 Å². The van der Waals surface area contributed by atoms with Crippen LogP contribution in [0, 0.1) is 0 Å². The number of nitrogens with zero attached hydrogens (tertiary/aromatic N) is 2. The Balaban J connectivity index is 1.54. The van der Waals surface area contributed by atoms with Gasteiger partial charge in [0.1, 0.15) is 5.76 Å². The molecular formula is C14H16BrN3O3. The lowest BCUT2D eigenvalue weighted by Crippen LogP contribution is -2.31. The second-order valence-electron chi connectivity index (χ2n) is 4.97. The predicted octanol–water partition coefficient (Wildman–Crippen LogP) is 2.20. The third-order valence-electron chi connectivity index (χ3n) is 3.32. The highest BCUT2D eigenvalue weighted by Crippen LogP contribution is 2.13. The average Bonchev–Trinajstić information content (AvgIpc) is 3.19. The van der Waals surface area contributed by atoms with Crippen molar-refractivity contribution in [3.05, 3.63) is 40.5 Å². The first-order valence-electron chi connectivity index (χ1n) is 6.87. The Morgan fingerprint density at radius 3 is 3.14 bits per heavy atom. The minimum atomic E-state index is -0.210. The summed E-state index contributed by atoms with van der Waals surface area (Å²) in [6.45, 7) is 1.80. The van der Waals surface area contributed by atoms with Crippen LogP contribution in [-0.2, 0) is 11.3 Å². The zero-order valence-electron chi connectivity index (χ0n) is 11.4. The van der Waals surface area contributed by atoms with E-state index in [1.165, 1.54) is 0 Å². The fraction of sp³-hybridized carbons (Fsp3) is 0.429. The smallest absolute Gasteiger partial charge is 0.287 e. The molecule has 1 N–H and O–H groups in total. The van der Waals surface area contributed by atoms with Crippen molar-refractivity contribution in [1.29, 1.82) is 0 Å². The summed E-state index contributed by atoms with van der Waals surface area (Å²) in [6, 6.07) is 3.47. The number of aromatic nitrogens is 2. The summed E-state index contributed by atoms with van der Waals surface area (Å²) in [5.41, 5.74) is 0. The van der Waals surface area contributed by atoms with Crippen LogP contribution in [-0.4, -0.2) is 34.9 Å². The molecule has 1 amide bonds. The second-order valence-corrected chi connectivity index (χ2v) is 5.88. The highest BCUT2D eigenvalue weighted by molar-refractivity contribution is 9.10. The summed E-state index contributed by atoms with van der Waals surface area (Å²) in [7, 11) is 0. The molecule has 2 aromatic rings. The number of rotatable bonds is 5. The first-order valence-corrected chi connectivity index (χ1v) is 7.66. The van der Waals surface area contributed by atoms with Gasteiger partial charge >= 0.3 is 0 Å². The van der Waals surface area contributed by atoms with E-state index < -0.39 is 0 Å². The molecule has 1 atom stereocenters. The number of carbonyl (C=O) groups is 1. The topological polar surface area (TPSA) is 69.3 Å². The van der Waals surface area contributed by atoms with Crippen LogP contribution < -0.4 is 5.32 Å². The van der Waals surface area contributed by atoms with Gasteiger partial charge < -0.3 is 14.5 Å². The standard InChI is InChI=1S/C14H16BrN3O3/c15-10-6-17-18(8-10)9-12-3-4-13(21-12)14(19)16-7-11-2-1-5-20-11/h3-4,6,8,11H,1-2,5,7,9H2,(H,16,19). The molecule has 1 saturated heterocycles. The molecule has 112 valence electrons. The first kappa shape index (κ1) is 14.3. The Morgan fingerprint density at radius 2 is 2.43 bits per heavy atom. The van der Waals surface area contributed by atoms with Crippen LogP contribution in [0.5, 0.6) is 0 Å². The van der Waals surface area contributed by atoms with E-state index in [2.05, 4.69) is 26.3 Å². The molecule has 0 bridgehead atoms. The minimum absolute atomic E-state index is 0.129. The van der Waals surface area contributed by atoms with Crippen LogP contribution in [0.1, 0.15) is 29.2 Å². The maximum atomic E-state index is 12.0. The van der Waals surface area contributed by atoms with E-state index in [0.717, 1.165) is 23.9 Å². The molecule has 0 aromatic carbocycles. The van der Waals surface area contributed by atoms with Crippen molar-refractivity contribution in [3.63, 3.8) is 0 Å². The van der Waals surface area contributed by atoms with Gasteiger partial charge in [-0.3, -0.25) is 9.48 Å². The summed E-state index contributed by atoms with van der Waals surface area (Å²) < 4.78 is 13.6. The summed E-state index contributed by atoms with van der Waals surface area (Å²) >= 11 is 3.34. The van der Waals surface area contributed by atoms with Crippen LogP contribution in [0.15, 0.2) is 33.4 Å². The molecule has 7 heteroatoms. The third-order valence-corrected chi connectivity index (χ3v) is 3.73. The Morgan fingerprint density at radius 1 is 1.52 bits per heavy atom. The van der Waals surface area contributed by atoms with Crippen LogP contribution in [0.4, 0.5) is 0 Å². The molecule has 1 aliphatic heterocycles. The maximum Gasteiger partial charge on any atom is 0.287 e. The largest absolute Gasteiger partial charge is 0.454 e. The minimum Gasteiger partial charge on any atom is -0.454 e. The zero-order valence-corrected chi connectivity index (χ0v) is 13.0. The molecule has 0 aliphatic carbocycles. The Labute approximate surface area is 130 Å². The molecule has 21 heavy (non-hydrogen) atoms. The molecule has 6 nitrogen and oxygen atoms in total. The van der Waals surface area contributed by atoms with Crippen LogP contribution in [0.25, 0.3) is 0 Å². The summed E-state index contributed by atoms with van der Waals surface area (Å²) in [4.78, 5) is 12.0. The van der Waals surface area contributed by atoms with Gasteiger partial charge in [0, 0.05) is 19.3 Å². The highest BCUT2D eigenvalue weighted by Gasteiger charge is 2.18. The van der Waals surface area contributed by atoms with Gasteiger partial charge in [-0.15, -0.1) is 0 Å². The van der Waals surface area contributed by atoms with E-state index in [1.807, 2.05) is 6.20 Å². The maximum absolute atomic E-state index is 12.0. The van der Waals surface area contributed by atoms with Gasteiger partial charge in [0.2, 0.25) is 0 Å². The van der Waals surface area contributed by atoms with Gasteiger partial charge in [-0.2, -0.15) is 5.10 Å². The number of carbonyl (C=O) groups excluding carboxylic acids is 1. The van der Waals surface area contributed by atoms with Crippen molar-refractivity contribution in [2.45, 2.75) is 25.5 Å². The van der Waals surface area contributed by atoms with E-state index in [4.69, 9.17) is 9.15 Å². The molecule has 3 heterocycles. The van der Waals surface area contributed by atoms with Crippen molar-refractivity contribution in [3.8, 4) is 0 Å². The molecule has 3 rings (SSSR count). The third kappa shape index (κ3) is 3.74. The molecule has 1 unspecified atom stereocenters. The van der Waals surface area contributed by atoms with E-state index in [1.54, 1.807) is 23.0 Å². The lowest BCUT2D eigenvalue weighted by molar-refractivity contribution is 0.0833. The Kier molecular flexibility index (Phi) is 4.40. The molecule has 1 fully saturated rings. The fourth-order valence-corrected chi connectivity index (χ4v) is 2.60. The molecule has 1 aliphatic rings. The Hall–Kier alpha value is -1.60. The van der Waals surface area contributed by atoms with Crippen molar-refractivity contribution in [2.75, 3.05) is 13.2 Å². The van der Waals surface area contributed by atoms with Crippen molar-refractivity contribution < 1.29 is 13.9 Å². The number of nitrogens with one attached hydrogen (secondary N) is 1. The average molecular weight is 354 g/mol. The molecule has 0 radical (unpaired) electrons. The monoisotopic (exact) mass is 353 g/mol. The molecule has 2 aromatic heterocycles. The van der Waals surface area contributed by atoms with Crippen LogP contribution in [0.2, 0.25) is 0 Å². The van der Waals surface area contributed by atoms with E-state index in [0.29, 0.717) is 24.6 Å². The van der Waals surface area contributed by atoms with Gasteiger partial charge in [0.25, 0.3) is 5.91 Å². The molecular weight excluding hydrogens is 338 g/mol. The van der Waals surface area contributed by atoms with Crippen molar-refractivity contribution in [2.24, 2.45) is 0 Å². The summed E-state index contributed by atoms with van der Waals surface area (Å²) in [5, 5.41) is 6.98. The predicted molar refractivity (Wildman–Crippen MR) is 79.0 cm³/mol. The fourth-order valence-electron chi connectivity index (χ4n) is 2.27. The van der Waals surface area contributed by atoms with E-state index in [-0.39, 0.29) is 12.0 Å². The van der Waals surface area contributed by atoms with Gasteiger partial charge in [-0.05, 0) is 40.9 Å². The summed E-state index contributed by atoms with van der Waals surface area (Å²) in [5.74, 6) is 0.792. The summed E-state index contributed by atoms with van der Waals surface area (Å²) in [6.07, 6.45) is 5.74. The number of halogens is 1.